The first kappa shape index (κ1) is 18.9. The van der Waals surface area contributed by atoms with Gasteiger partial charge in [0.25, 0.3) is 0 Å². The third-order valence-corrected chi connectivity index (χ3v) is 3.58. The fraction of sp³-hybridized carbons (Fsp3) is 0.786. The molecule has 0 amide bonds. The molecule has 0 bridgehead atoms. The normalized spacial score (nSPS) is 21.9. The van der Waals surface area contributed by atoms with Gasteiger partial charge in [-0.3, -0.25) is 4.68 Å². The third kappa shape index (κ3) is 3.42. The molecule has 3 nitrogen and oxygen atoms in total. The van der Waals surface area contributed by atoms with E-state index in [2.05, 4.69) is 5.10 Å². The van der Waals surface area contributed by atoms with Gasteiger partial charge < -0.3 is 4.74 Å². The highest BCUT2D eigenvalue weighted by atomic mass is 19.4. The summed E-state index contributed by atoms with van der Waals surface area (Å²) in [6, 6.07) is 0.372. The van der Waals surface area contributed by atoms with Crippen LogP contribution in [0.5, 0.6) is 0 Å². The van der Waals surface area contributed by atoms with Gasteiger partial charge in [0.1, 0.15) is 5.69 Å². The summed E-state index contributed by atoms with van der Waals surface area (Å²) in [6.45, 7) is 5.65. The molecular formula is C14H21F5N2O. The zero-order valence-electron chi connectivity index (χ0n) is 13.0. The highest BCUT2D eigenvalue weighted by Gasteiger charge is 2.61. The Bertz CT molecular complexity index is 478. The zero-order valence-corrected chi connectivity index (χ0v) is 13.0. The summed E-state index contributed by atoms with van der Waals surface area (Å²) in [5, 5.41) is 3.88. The van der Waals surface area contributed by atoms with Crippen LogP contribution >= 0.6 is 0 Å². The number of ether oxygens (including phenoxy) is 1. The van der Waals surface area contributed by atoms with Crippen molar-refractivity contribution < 1.29 is 26.7 Å². The quantitative estimate of drug-likeness (QED) is 0.762. The van der Waals surface area contributed by atoms with Crippen molar-refractivity contribution >= 4 is 0 Å². The number of nitrogens with zero attached hydrogens (tertiary/aromatic N) is 2. The standard InChI is InChI=1S/C12H15F5N2O.C2H6/c1-3-7-4-10(11(13,14)12(15,16)17)19(18-7)8-5-9(6-8)20-2;1-2/h4,8-9H,3,5-6H2,1-2H3;1-2H3. The molecule has 1 fully saturated rings. The van der Waals surface area contributed by atoms with Gasteiger partial charge in [0.2, 0.25) is 0 Å². The highest BCUT2D eigenvalue weighted by Crippen LogP contribution is 2.46. The van der Waals surface area contributed by atoms with E-state index in [4.69, 9.17) is 4.74 Å². The number of rotatable bonds is 4. The first-order valence-corrected chi connectivity index (χ1v) is 7.27. The number of hydrogen-bond donors (Lipinski definition) is 0. The van der Waals surface area contributed by atoms with E-state index in [0.29, 0.717) is 19.3 Å². The van der Waals surface area contributed by atoms with Crippen molar-refractivity contribution in [2.24, 2.45) is 0 Å². The minimum Gasteiger partial charge on any atom is -0.381 e. The van der Waals surface area contributed by atoms with Gasteiger partial charge >= 0.3 is 12.1 Å². The van der Waals surface area contributed by atoms with Crippen molar-refractivity contribution in [3.05, 3.63) is 17.5 Å². The molecule has 0 N–H and O–H groups in total. The number of aryl methyl sites for hydroxylation is 1. The molecule has 1 aromatic rings. The molecule has 0 unspecified atom stereocenters. The van der Waals surface area contributed by atoms with Crippen LogP contribution in [0.2, 0.25) is 0 Å². The van der Waals surface area contributed by atoms with Crippen LogP contribution in [0, 0.1) is 0 Å². The lowest BCUT2D eigenvalue weighted by Gasteiger charge is -2.36. The molecule has 1 aromatic heterocycles. The lowest BCUT2D eigenvalue weighted by Crippen LogP contribution is -2.40. The van der Waals surface area contributed by atoms with Gasteiger partial charge in [0.15, 0.2) is 0 Å². The molecule has 0 atom stereocenters. The second-order valence-electron chi connectivity index (χ2n) is 4.87. The van der Waals surface area contributed by atoms with Gasteiger partial charge in [-0.1, -0.05) is 20.8 Å². The lowest BCUT2D eigenvalue weighted by atomic mass is 9.89. The number of methoxy groups -OCH3 is 1. The molecule has 1 heterocycles. The summed E-state index contributed by atoms with van der Waals surface area (Å²) >= 11 is 0. The second kappa shape index (κ2) is 6.93. The molecule has 128 valence electrons. The number of alkyl halides is 5. The van der Waals surface area contributed by atoms with Crippen LogP contribution in [0.1, 0.15) is 51.0 Å². The van der Waals surface area contributed by atoms with Gasteiger partial charge in [0, 0.05) is 7.11 Å². The first-order chi connectivity index (χ1) is 10.2. The summed E-state index contributed by atoms with van der Waals surface area (Å²) in [7, 11) is 1.48. The molecule has 0 aromatic carbocycles. The largest absolute Gasteiger partial charge is 0.459 e. The van der Waals surface area contributed by atoms with Crippen LogP contribution in [0.25, 0.3) is 0 Å². The zero-order chi connectivity index (χ0) is 17.1. The van der Waals surface area contributed by atoms with Crippen LogP contribution < -0.4 is 0 Å². The SMILES string of the molecule is CC.CCc1cc(C(F)(F)C(F)(F)F)n(C2CC(OC)C2)n1. The molecule has 1 saturated carbocycles. The predicted molar refractivity (Wildman–Crippen MR) is 72.0 cm³/mol. The van der Waals surface area contributed by atoms with Crippen molar-refractivity contribution in [1.82, 2.24) is 9.78 Å². The Morgan fingerprint density at radius 2 is 1.77 bits per heavy atom. The number of aromatic nitrogens is 2. The van der Waals surface area contributed by atoms with E-state index < -0.39 is 23.8 Å². The lowest BCUT2D eigenvalue weighted by molar-refractivity contribution is -0.292. The monoisotopic (exact) mass is 328 g/mol. The second-order valence-corrected chi connectivity index (χ2v) is 4.87. The summed E-state index contributed by atoms with van der Waals surface area (Å²) in [6.07, 6.45) is -4.65. The maximum atomic E-state index is 13.6. The molecule has 0 aliphatic heterocycles. The Kier molecular flexibility index (Phi) is 5.95. The fourth-order valence-electron chi connectivity index (χ4n) is 2.21. The fourth-order valence-corrected chi connectivity index (χ4v) is 2.21. The highest BCUT2D eigenvalue weighted by molar-refractivity contribution is 5.19. The van der Waals surface area contributed by atoms with E-state index in [9.17, 15) is 22.0 Å². The molecule has 0 spiro atoms. The van der Waals surface area contributed by atoms with Gasteiger partial charge in [-0.2, -0.15) is 27.1 Å². The van der Waals surface area contributed by atoms with Gasteiger partial charge in [-0.15, -0.1) is 0 Å². The Morgan fingerprint density at radius 3 is 2.18 bits per heavy atom. The van der Waals surface area contributed by atoms with Crippen molar-refractivity contribution in [3.63, 3.8) is 0 Å². The average Bonchev–Trinajstić information content (AvgIpc) is 2.83. The van der Waals surface area contributed by atoms with Crippen LogP contribution in [-0.2, 0) is 17.1 Å². The van der Waals surface area contributed by atoms with Crippen molar-refractivity contribution in [2.45, 2.75) is 64.3 Å². The maximum absolute atomic E-state index is 13.6. The molecule has 0 radical (unpaired) electrons. The van der Waals surface area contributed by atoms with Crippen LogP contribution in [0.3, 0.4) is 0 Å². The summed E-state index contributed by atoms with van der Waals surface area (Å²) in [4.78, 5) is 0. The Labute approximate surface area is 126 Å². The van der Waals surface area contributed by atoms with Crippen molar-refractivity contribution in [2.75, 3.05) is 7.11 Å². The van der Waals surface area contributed by atoms with E-state index in [1.165, 1.54) is 7.11 Å². The Balaban J connectivity index is 0.00000116. The minimum absolute atomic E-state index is 0.110. The summed E-state index contributed by atoms with van der Waals surface area (Å²) in [5.41, 5.74) is -0.855. The summed E-state index contributed by atoms with van der Waals surface area (Å²) < 4.78 is 70.5. The molecule has 1 aliphatic rings. The molecule has 1 aliphatic carbocycles. The van der Waals surface area contributed by atoms with Gasteiger partial charge in [0.05, 0.1) is 17.8 Å². The first-order valence-electron chi connectivity index (χ1n) is 7.27. The third-order valence-electron chi connectivity index (χ3n) is 3.58. The van der Waals surface area contributed by atoms with Crippen molar-refractivity contribution in [1.29, 1.82) is 0 Å². The molecule has 2 rings (SSSR count). The summed E-state index contributed by atoms with van der Waals surface area (Å²) in [5.74, 6) is -4.90. The molecule has 22 heavy (non-hydrogen) atoms. The smallest absolute Gasteiger partial charge is 0.381 e. The van der Waals surface area contributed by atoms with E-state index in [1.54, 1.807) is 6.92 Å². The van der Waals surface area contributed by atoms with Gasteiger partial charge in [-0.25, -0.2) is 0 Å². The Hall–Kier alpha value is -1.18. The van der Waals surface area contributed by atoms with E-state index in [0.717, 1.165) is 10.7 Å². The van der Waals surface area contributed by atoms with Crippen LogP contribution in [0.15, 0.2) is 6.07 Å². The molecule has 0 saturated heterocycles. The van der Waals surface area contributed by atoms with E-state index >= 15 is 0 Å². The minimum atomic E-state index is -5.62. The Morgan fingerprint density at radius 1 is 1.23 bits per heavy atom. The average molecular weight is 328 g/mol. The van der Waals surface area contributed by atoms with Crippen LogP contribution in [-0.4, -0.2) is 29.2 Å². The van der Waals surface area contributed by atoms with Crippen LogP contribution in [0.4, 0.5) is 22.0 Å². The van der Waals surface area contributed by atoms with E-state index in [1.807, 2.05) is 13.8 Å². The predicted octanol–water partition coefficient (Wildman–Crippen LogP) is 4.48. The topological polar surface area (TPSA) is 27.1 Å². The molecule has 8 heteroatoms. The molecular weight excluding hydrogens is 307 g/mol. The van der Waals surface area contributed by atoms with Gasteiger partial charge in [-0.05, 0) is 25.3 Å². The maximum Gasteiger partial charge on any atom is 0.459 e. The number of halogens is 5. The van der Waals surface area contributed by atoms with E-state index in [-0.39, 0.29) is 11.8 Å². The number of hydrogen-bond acceptors (Lipinski definition) is 2. The van der Waals surface area contributed by atoms with Crippen molar-refractivity contribution in [3.8, 4) is 0 Å².